The van der Waals surface area contributed by atoms with Gasteiger partial charge in [0.1, 0.15) is 5.82 Å². The quantitative estimate of drug-likeness (QED) is 0.649. The zero-order valence-electron chi connectivity index (χ0n) is 7.38. The first-order valence-corrected chi connectivity index (χ1v) is 4.18. The van der Waals surface area contributed by atoms with Crippen molar-refractivity contribution in [1.29, 1.82) is 0 Å². The molecule has 1 heterocycles. The summed E-state index contributed by atoms with van der Waals surface area (Å²) in [5.41, 5.74) is 6.71. The average molecular weight is 165 g/mol. The van der Waals surface area contributed by atoms with Crippen LogP contribution in [-0.4, -0.2) is 18.6 Å². The number of anilines is 1. The van der Waals surface area contributed by atoms with Gasteiger partial charge in [0.15, 0.2) is 0 Å². The van der Waals surface area contributed by atoms with Crippen molar-refractivity contribution in [1.82, 2.24) is 10.3 Å². The molecule has 0 aromatic carbocycles. The summed E-state index contributed by atoms with van der Waals surface area (Å²) < 4.78 is 0. The Kier molecular flexibility index (Phi) is 3.54. The fourth-order valence-corrected chi connectivity index (χ4v) is 1.05. The number of nitrogens with zero attached hydrogens (tertiary/aromatic N) is 1. The highest BCUT2D eigenvalue weighted by Gasteiger charge is 1.92. The van der Waals surface area contributed by atoms with Crippen molar-refractivity contribution in [3.05, 3.63) is 23.9 Å². The van der Waals surface area contributed by atoms with E-state index < -0.39 is 0 Å². The van der Waals surface area contributed by atoms with E-state index in [0.717, 1.165) is 19.4 Å². The van der Waals surface area contributed by atoms with Gasteiger partial charge in [-0.3, -0.25) is 0 Å². The van der Waals surface area contributed by atoms with Crippen LogP contribution in [0.4, 0.5) is 5.82 Å². The number of hydrogen-bond acceptors (Lipinski definition) is 3. The Morgan fingerprint density at radius 1 is 1.50 bits per heavy atom. The van der Waals surface area contributed by atoms with Gasteiger partial charge in [0, 0.05) is 6.20 Å². The van der Waals surface area contributed by atoms with Crippen LogP contribution < -0.4 is 11.1 Å². The molecule has 0 aliphatic heterocycles. The van der Waals surface area contributed by atoms with E-state index in [2.05, 4.69) is 10.3 Å². The van der Waals surface area contributed by atoms with Crippen molar-refractivity contribution >= 4 is 5.82 Å². The first-order valence-electron chi connectivity index (χ1n) is 4.18. The minimum Gasteiger partial charge on any atom is -0.384 e. The number of pyridine rings is 1. The van der Waals surface area contributed by atoms with Gasteiger partial charge in [0.25, 0.3) is 0 Å². The van der Waals surface area contributed by atoms with Gasteiger partial charge in [-0.25, -0.2) is 4.98 Å². The standard InChI is InChI=1S/C9H15N3/c1-11-6-2-3-8-4-5-9(10)12-7-8/h4-5,7,11H,2-3,6H2,1H3,(H2,10,12). The predicted octanol–water partition coefficient (Wildman–Crippen LogP) is 0.816. The van der Waals surface area contributed by atoms with Crippen LogP contribution in [-0.2, 0) is 6.42 Å². The molecule has 0 unspecified atom stereocenters. The molecule has 0 bridgehead atoms. The maximum atomic E-state index is 5.46. The van der Waals surface area contributed by atoms with Gasteiger partial charge < -0.3 is 11.1 Å². The van der Waals surface area contributed by atoms with Crippen LogP contribution in [0.25, 0.3) is 0 Å². The minimum atomic E-state index is 0.590. The summed E-state index contributed by atoms with van der Waals surface area (Å²) >= 11 is 0. The lowest BCUT2D eigenvalue weighted by atomic mass is 10.1. The second-order valence-electron chi connectivity index (χ2n) is 2.80. The van der Waals surface area contributed by atoms with E-state index in [4.69, 9.17) is 5.73 Å². The molecule has 0 spiro atoms. The van der Waals surface area contributed by atoms with Crippen LogP contribution >= 0.6 is 0 Å². The maximum absolute atomic E-state index is 5.46. The summed E-state index contributed by atoms with van der Waals surface area (Å²) in [5.74, 6) is 0.590. The van der Waals surface area contributed by atoms with E-state index >= 15 is 0 Å². The van der Waals surface area contributed by atoms with Crippen molar-refractivity contribution in [3.63, 3.8) is 0 Å². The van der Waals surface area contributed by atoms with Gasteiger partial charge in [0.2, 0.25) is 0 Å². The first kappa shape index (κ1) is 9.00. The van der Waals surface area contributed by atoms with Crippen LogP contribution in [0.3, 0.4) is 0 Å². The molecule has 1 aromatic rings. The zero-order chi connectivity index (χ0) is 8.81. The van der Waals surface area contributed by atoms with Crippen molar-refractivity contribution in [2.24, 2.45) is 0 Å². The Balaban J connectivity index is 2.37. The maximum Gasteiger partial charge on any atom is 0.123 e. The van der Waals surface area contributed by atoms with E-state index in [9.17, 15) is 0 Å². The van der Waals surface area contributed by atoms with E-state index in [1.54, 1.807) is 0 Å². The Hall–Kier alpha value is -1.09. The smallest absolute Gasteiger partial charge is 0.123 e. The lowest BCUT2D eigenvalue weighted by Gasteiger charge is -2.00. The lowest BCUT2D eigenvalue weighted by molar-refractivity contribution is 0.723. The Morgan fingerprint density at radius 2 is 2.33 bits per heavy atom. The van der Waals surface area contributed by atoms with Gasteiger partial charge in [-0.2, -0.15) is 0 Å². The van der Waals surface area contributed by atoms with Crippen LogP contribution in [0.1, 0.15) is 12.0 Å². The van der Waals surface area contributed by atoms with Crippen LogP contribution in [0.5, 0.6) is 0 Å². The Labute approximate surface area is 73.0 Å². The summed E-state index contributed by atoms with van der Waals surface area (Å²) in [6, 6.07) is 3.87. The second kappa shape index (κ2) is 4.72. The minimum absolute atomic E-state index is 0.590. The van der Waals surface area contributed by atoms with Crippen LogP contribution in [0.15, 0.2) is 18.3 Å². The topological polar surface area (TPSA) is 50.9 Å². The molecule has 0 aliphatic carbocycles. The second-order valence-corrected chi connectivity index (χ2v) is 2.80. The molecular formula is C9H15N3. The molecule has 12 heavy (non-hydrogen) atoms. The third-order valence-electron chi connectivity index (χ3n) is 1.74. The largest absolute Gasteiger partial charge is 0.384 e. The van der Waals surface area contributed by atoms with Crippen LogP contribution in [0.2, 0.25) is 0 Å². The summed E-state index contributed by atoms with van der Waals surface area (Å²) in [6.45, 7) is 1.05. The molecule has 0 radical (unpaired) electrons. The summed E-state index contributed by atoms with van der Waals surface area (Å²) in [6.07, 6.45) is 4.04. The van der Waals surface area contributed by atoms with E-state index in [1.165, 1.54) is 5.56 Å². The van der Waals surface area contributed by atoms with Gasteiger partial charge in [-0.05, 0) is 38.1 Å². The first-order chi connectivity index (χ1) is 5.83. The molecule has 0 amide bonds. The Bertz CT molecular complexity index is 218. The highest BCUT2D eigenvalue weighted by molar-refractivity contribution is 5.29. The molecule has 3 heteroatoms. The van der Waals surface area contributed by atoms with Crippen molar-refractivity contribution in [3.8, 4) is 0 Å². The molecule has 3 N–H and O–H groups in total. The summed E-state index contributed by atoms with van der Waals surface area (Å²) in [7, 11) is 1.96. The predicted molar refractivity (Wildman–Crippen MR) is 50.9 cm³/mol. The molecule has 0 saturated heterocycles. The molecule has 1 rings (SSSR count). The third-order valence-corrected chi connectivity index (χ3v) is 1.74. The number of nitrogens with one attached hydrogen (secondary N) is 1. The monoisotopic (exact) mass is 165 g/mol. The van der Waals surface area contributed by atoms with Gasteiger partial charge in [-0.15, -0.1) is 0 Å². The van der Waals surface area contributed by atoms with E-state index in [0.29, 0.717) is 5.82 Å². The highest BCUT2D eigenvalue weighted by Crippen LogP contribution is 2.03. The van der Waals surface area contributed by atoms with Crippen molar-refractivity contribution in [2.45, 2.75) is 12.8 Å². The fraction of sp³-hybridized carbons (Fsp3) is 0.444. The number of nitrogens with two attached hydrogens (primary N) is 1. The molecule has 0 saturated carbocycles. The number of aryl methyl sites for hydroxylation is 1. The van der Waals surface area contributed by atoms with E-state index in [1.807, 2.05) is 25.4 Å². The average Bonchev–Trinajstić information content (AvgIpc) is 2.09. The molecule has 0 fully saturated rings. The number of aromatic nitrogens is 1. The molecule has 0 atom stereocenters. The fourth-order valence-electron chi connectivity index (χ4n) is 1.05. The summed E-state index contributed by atoms with van der Waals surface area (Å²) in [4.78, 5) is 4.02. The zero-order valence-corrected chi connectivity index (χ0v) is 7.38. The van der Waals surface area contributed by atoms with Crippen molar-refractivity contribution < 1.29 is 0 Å². The third kappa shape index (κ3) is 2.88. The number of hydrogen-bond donors (Lipinski definition) is 2. The summed E-state index contributed by atoms with van der Waals surface area (Å²) in [5, 5.41) is 3.10. The highest BCUT2D eigenvalue weighted by atomic mass is 14.8. The molecule has 1 aromatic heterocycles. The molecule has 3 nitrogen and oxygen atoms in total. The van der Waals surface area contributed by atoms with Gasteiger partial charge in [0.05, 0.1) is 0 Å². The van der Waals surface area contributed by atoms with Crippen molar-refractivity contribution in [2.75, 3.05) is 19.3 Å². The molecular weight excluding hydrogens is 150 g/mol. The number of rotatable bonds is 4. The molecule has 66 valence electrons. The van der Waals surface area contributed by atoms with E-state index in [-0.39, 0.29) is 0 Å². The SMILES string of the molecule is CNCCCc1ccc(N)nc1. The lowest BCUT2D eigenvalue weighted by Crippen LogP contribution is -2.08. The van der Waals surface area contributed by atoms with Crippen LogP contribution in [0, 0.1) is 0 Å². The van der Waals surface area contributed by atoms with Gasteiger partial charge in [-0.1, -0.05) is 6.07 Å². The van der Waals surface area contributed by atoms with Gasteiger partial charge >= 0.3 is 0 Å². The molecule has 0 aliphatic rings. The number of nitrogen functional groups attached to an aromatic ring is 1. The Morgan fingerprint density at radius 3 is 2.92 bits per heavy atom. The normalized spacial score (nSPS) is 10.1.